The lowest BCUT2D eigenvalue weighted by Gasteiger charge is -2.02. The highest BCUT2D eigenvalue weighted by atomic mass is 16.5. The van der Waals surface area contributed by atoms with Crippen LogP contribution >= 0.6 is 0 Å². The summed E-state index contributed by atoms with van der Waals surface area (Å²) in [6.07, 6.45) is 1.73. The van der Waals surface area contributed by atoms with E-state index in [0.717, 1.165) is 17.1 Å². The minimum atomic E-state index is -0.185. The highest BCUT2D eigenvalue weighted by Gasteiger charge is 2.02. The van der Waals surface area contributed by atoms with Gasteiger partial charge < -0.3 is 9.15 Å². The summed E-state index contributed by atoms with van der Waals surface area (Å²) in [7, 11) is 1.60. The summed E-state index contributed by atoms with van der Waals surface area (Å²) in [6.45, 7) is 1.85. The maximum atomic E-state index is 11.7. The average Bonchev–Trinajstić information content (AvgIpc) is 2.85. The molecular formula is C15H16N2O3. The maximum Gasteiger partial charge on any atom is 0.244 e. The van der Waals surface area contributed by atoms with Gasteiger partial charge in [-0.3, -0.25) is 4.79 Å². The van der Waals surface area contributed by atoms with Crippen LogP contribution in [-0.4, -0.2) is 19.2 Å². The normalized spacial score (nSPS) is 10.7. The Hall–Kier alpha value is -2.56. The molecule has 20 heavy (non-hydrogen) atoms. The third-order valence-electron chi connectivity index (χ3n) is 2.67. The number of amides is 1. The molecule has 0 aliphatic carbocycles. The number of methoxy groups -OCH3 is 1. The van der Waals surface area contributed by atoms with E-state index in [-0.39, 0.29) is 12.3 Å². The monoisotopic (exact) mass is 272 g/mol. The first-order valence-electron chi connectivity index (χ1n) is 6.18. The minimum absolute atomic E-state index is 0.185. The lowest BCUT2D eigenvalue weighted by molar-refractivity contribution is -0.120. The molecule has 1 amide bonds. The van der Waals surface area contributed by atoms with Gasteiger partial charge in [0.05, 0.1) is 19.7 Å². The average molecular weight is 272 g/mol. The summed E-state index contributed by atoms with van der Waals surface area (Å²) in [5, 5.41) is 3.84. The molecular weight excluding hydrogens is 256 g/mol. The van der Waals surface area contributed by atoms with Crippen molar-refractivity contribution < 1.29 is 13.9 Å². The molecule has 5 heteroatoms. The van der Waals surface area contributed by atoms with Crippen LogP contribution < -0.4 is 10.2 Å². The van der Waals surface area contributed by atoms with E-state index < -0.39 is 0 Å². The fourth-order valence-electron chi connectivity index (χ4n) is 1.66. The van der Waals surface area contributed by atoms with Gasteiger partial charge in [-0.25, -0.2) is 5.43 Å². The maximum absolute atomic E-state index is 11.7. The Morgan fingerprint density at radius 3 is 2.65 bits per heavy atom. The van der Waals surface area contributed by atoms with Crippen molar-refractivity contribution >= 4 is 12.1 Å². The fraction of sp³-hybridized carbons (Fsp3) is 0.200. The highest BCUT2D eigenvalue weighted by molar-refractivity contribution is 5.81. The first kappa shape index (κ1) is 13.9. The van der Waals surface area contributed by atoms with E-state index in [4.69, 9.17) is 9.15 Å². The number of ether oxygens (including phenoxy) is 1. The number of furan rings is 1. The van der Waals surface area contributed by atoms with Gasteiger partial charge in [-0.1, -0.05) is 12.1 Å². The van der Waals surface area contributed by atoms with Crippen molar-refractivity contribution in [3.8, 4) is 5.75 Å². The number of carbonyl (C=O) groups is 1. The first-order chi connectivity index (χ1) is 9.67. The van der Waals surface area contributed by atoms with Gasteiger partial charge >= 0.3 is 0 Å². The van der Waals surface area contributed by atoms with E-state index in [9.17, 15) is 4.79 Å². The summed E-state index contributed by atoms with van der Waals surface area (Å²) in [5.41, 5.74) is 3.35. The fourth-order valence-corrected chi connectivity index (χ4v) is 1.66. The molecule has 104 valence electrons. The van der Waals surface area contributed by atoms with E-state index in [1.807, 2.05) is 37.3 Å². The van der Waals surface area contributed by atoms with Gasteiger partial charge in [0.2, 0.25) is 5.91 Å². The van der Waals surface area contributed by atoms with Crippen LogP contribution in [-0.2, 0) is 11.2 Å². The van der Waals surface area contributed by atoms with Crippen LogP contribution in [0.25, 0.3) is 0 Å². The highest BCUT2D eigenvalue weighted by Crippen LogP contribution is 2.11. The summed E-state index contributed by atoms with van der Waals surface area (Å²) < 4.78 is 10.4. The number of aryl methyl sites for hydroxylation is 1. The van der Waals surface area contributed by atoms with Gasteiger partial charge in [0.1, 0.15) is 17.3 Å². The topological polar surface area (TPSA) is 63.8 Å². The van der Waals surface area contributed by atoms with Crippen LogP contribution in [0.2, 0.25) is 0 Å². The number of benzene rings is 1. The predicted octanol–water partition coefficient (Wildman–Crippen LogP) is 2.29. The summed E-state index contributed by atoms with van der Waals surface area (Å²) in [5.74, 6) is 1.98. The zero-order chi connectivity index (χ0) is 14.4. The molecule has 0 fully saturated rings. The summed E-state index contributed by atoms with van der Waals surface area (Å²) in [6, 6.07) is 10.9. The lowest BCUT2D eigenvalue weighted by atomic mass is 10.1. The van der Waals surface area contributed by atoms with Crippen molar-refractivity contribution in [1.82, 2.24) is 5.43 Å². The Morgan fingerprint density at radius 2 is 2.05 bits per heavy atom. The van der Waals surface area contributed by atoms with Crippen LogP contribution in [0.5, 0.6) is 5.75 Å². The smallest absolute Gasteiger partial charge is 0.244 e. The van der Waals surface area contributed by atoms with Crippen molar-refractivity contribution in [2.75, 3.05) is 7.11 Å². The summed E-state index contributed by atoms with van der Waals surface area (Å²) in [4.78, 5) is 11.7. The number of nitrogens with zero attached hydrogens (tertiary/aromatic N) is 1. The number of rotatable bonds is 5. The third kappa shape index (κ3) is 3.98. The Bertz CT molecular complexity index is 600. The number of hydrogen-bond acceptors (Lipinski definition) is 4. The molecule has 0 saturated heterocycles. The molecule has 0 radical (unpaired) electrons. The zero-order valence-electron chi connectivity index (χ0n) is 11.4. The van der Waals surface area contributed by atoms with Gasteiger partial charge in [0.25, 0.3) is 0 Å². The third-order valence-corrected chi connectivity index (χ3v) is 2.67. The van der Waals surface area contributed by atoms with Gasteiger partial charge in [0.15, 0.2) is 0 Å². The molecule has 1 N–H and O–H groups in total. The molecule has 5 nitrogen and oxygen atoms in total. The second-order valence-electron chi connectivity index (χ2n) is 4.27. The molecule has 0 aliphatic heterocycles. The predicted molar refractivity (Wildman–Crippen MR) is 75.9 cm³/mol. The largest absolute Gasteiger partial charge is 0.497 e. The molecule has 0 spiro atoms. The molecule has 0 atom stereocenters. The molecule has 2 rings (SSSR count). The molecule has 0 unspecified atom stereocenters. The van der Waals surface area contributed by atoms with E-state index in [1.165, 1.54) is 6.21 Å². The first-order valence-corrected chi connectivity index (χ1v) is 6.18. The molecule has 0 saturated carbocycles. The standard InChI is InChI=1S/C15H16N2O3/c1-11-3-6-14(20-11)10-16-17-15(18)9-12-4-7-13(19-2)8-5-12/h3-8,10H,9H2,1-2H3,(H,17,18). The molecule has 1 aromatic carbocycles. The molecule has 0 aliphatic rings. The minimum Gasteiger partial charge on any atom is -0.497 e. The Morgan fingerprint density at radius 1 is 1.30 bits per heavy atom. The molecule has 1 aromatic heterocycles. The van der Waals surface area contributed by atoms with Gasteiger partial charge in [-0.15, -0.1) is 0 Å². The van der Waals surface area contributed by atoms with Crippen molar-refractivity contribution in [1.29, 1.82) is 0 Å². The van der Waals surface area contributed by atoms with Gasteiger partial charge in [0, 0.05) is 0 Å². The second-order valence-corrected chi connectivity index (χ2v) is 4.27. The van der Waals surface area contributed by atoms with Crippen molar-refractivity contribution in [3.05, 3.63) is 53.5 Å². The van der Waals surface area contributed by atoms with Crippen LogP contribution in [0.4, 0.5) is 0 Å². The Balaban J connectivity index is 1.84. The van der Waals surface area contributed by atoms with Crippen molar-refractivity contribution in [2.45, 2.75) is 13.3 Å². The number of hydrogen-bond donors (Lipinski definition) is 1. The van der Waals surface area contributed by atoms with E-state index in [0.29, 0.717) is 5.76 Å². The Kier molecular flexibility index (Phi) is 4.55. The SMILES string of the molecule is COc1ccc(CC(=O)NN=Cc2ccc(C)o2)cc1. The number of hydrazone groups is 1. The van der Waals surface area contributed by atoms with Crippen LogP contribution in [0.15, 0.2) is 45.9 Å². The van der Waals surface area contributed by atoms with Crippen molar-refractivity contribution in [3.63, 3.8) is 0 Å². The van der Waals surface area contributed by atoms with E-state index in [2.05, 4.69) is 10.5 Å². The molecule has 0 bridgehead atoms. The van der Waals surface area contributed by atoms with Crippen LogP contribution in [0.1, 0.15) is 17.1 Å². The van der Waals surface area contributed by atoms with Gasteiger partial charge in [-0.05, 0) is 36.8 Å². The lowest BCUT2D eigenvalue weighted by Crippen LogP contribution is -2.19. The second kappa shape index (κ2) is 6.56. The summed E-state index contributed by atoms with van der Waals surface area (Å²) >= 11 is 0. The molecule has 1 heterocycles. The number of carbonyl (C=O) groups excluding carboxylic acids is 1. The van der Waals surface area contributed by atoms with E-state index >= 15 is 0 Å². The van der Waals surface area contributed by atoms with Crippen LogP contribution in [0.3, 0.4) is 0 Å². The van der Waals surface area contributed by atoms with Crippen LogP contribution in [0, 0.1) is 6.92 Å². The Labute approximate surface area is 117 Å². The number of nitrogens with one attached hydrogen (secondary N) is 1. The zero-order valence-corrected chi connectivity index (χ0v) is 11.4. The molecule has 2 aromatic rings. The van der Waals surface area contributed by atoms with Gasteiger partial charge in [-0.2, -0.15) is 5.10 Å². The van der Waals surface area contributed by atoms with E-state index in [1.54, 1.807) is 13.2 Å². The van der Waals surface area contributed by atoms with Crippen molar-refractivity contribution in [2.24, 2.45) is 5.10 Å². The quantitative estimate of drug-likeness (QED) is 0.671.